The van der Waals surface area contributed by atoms with Crippen LogP contribution in [-0.4, -0.2) is 16.5 Å². The summed E-state index contributed by atoms with van der Waals surface area (Å²) >= 11 is 8.53. The fourth-order valence-electron chi connectivity index (χ4n) is 3.84. The molecule has 0 aliphatic carbocycles. The van der Waals surface area contributed by atoms with Crippen molar-refractivity contribution in [2.45, 2.75) is 6.42 Å². The van der Waals surface area contributed by atoms with Crippen LogP contribution in [0.5, 0.6) is 0 Å². The Hall–Kier alpha value is -2.78. The first-order valence-corrected chi connectivity index (χ1v) is 11.4. The third-order valence-electron chi connectivity index (χ3n) is 5.26. The van der Waals surface area contributed by atoms with Crippen LogP contribution in [0.2, 0.25) is 5.02 Å². The van der Waals surface area contributed by atoms with Gasteiger partial charge in [-0.2, -0.15) is 0 Å². The van der Waals surface area contributed by atoms with Gasteiger partial charge in [0.15, 0.2) is 0 Å². The zero-order valence-corrected chi connectivity index (χ0v) is 19.5. The molecule has 32 heavy (non-hydrogen) atoms. The van der Waals surface area contributed by atoms with Gasteiger partial charge in [-0.3, -0.25) is 0 Å². The lowest BCUT2D eigenvalue weighted by Crippen LogP contribution is -2.21. The molecule has 0 fully saturated rings. The van der Waals surface area contributed by atoms with Crippen molar-refractivity contribution in [3.8, 4) is 11.3 Å². The first kappa shape index (κ1) is 21.1. The second kappa shape index (κ2) is 8.63. The number of halogens is 4. The minimum absolute atomic E-state index is 0.103. The number of rotatable bonds is 3. The molecule has 1 N–H and O–H groups in total. The highest BCUT2D eigenvalue weighted by molar-refractivity contribution is 14.1. The van der Waals surface area contributed by atoms with Gasteiger partial charge >= 0.3 is 0 Å². The van der Waals surface area contributed by atoms with Gasteiger partial charge < -0.3 is 10.2 Å². The van der Waals surface area contributed by atoms with Gasteiger partial charge in [-0.05, 0) is 83.1 Å². The second-order valence-electron chi connectivity index (χ2n) is 7.34. The van der Waals surface area contributed by atoms with Gasteiger partial charge in [0.2, 0.25) is 5.95 Å². The number of aromatic nitrogens is 2. The normalized spacial score (nSPS) is 12.7. The number of hydrogen-bond donors (Lipinski definition) is 1. The van der Waals surface area contributed by atoms with Gasteiger partial charge in [-0.1, -0.05) is 23.7 Å². The maximum absolute atomic E-state index is 14.7. The Morgan fingerprint density at radius 1 is 1.00 bits per heavy atom. The fraction of sp³-hybridized carbons (Fsp3) is 0.0833. The van der Waals surface area contributed by atoms with E-state index in [1.165, 1.54) is 18.2 Å². The Labute approximate surface area is 202 Å². The molecule has 160 valence electrons. The van der Waals surface area contributed by atoms with Crippen molar-refractivity contribution in [1.29, 1.82) is 0 Å². The lowest BCUT2D eigenvalue weighted by Gasteiger charge is -2.26. The van der Waals surface area contributed by atoms with E-state index in [0.717, 1.165) is 20.4 Å². The standard InChI is InChI=1S/C24H16ClF2IN4/c25-15-7-8-18-21(11-15)32(23-19(26)5-2-6-20(23)27)10-9-14-13-29-24(31-22(14)18)30-17-4-1-3-16(28)12-17/h1-8,11-13H,9-10H2,(H,29,30,31). The molecule has 5 rings (SSSR count). The molecule has 2 heterocycles. The zero-order valence-electron chi connectivity index (χ0n) is 16.6. The SMILES string of the molecule is Fc1cccc(F)c1N1CCc2cnc(Nc3cccc(I)c3)nc2-c2ccc(Cl)cc21. The molecule has 3 aromatic carbocycles. The summed E-state index contributed by atoms with van der Waals surface area (Å²) in [4.78, 5) is 10.9. The Morgan fingerprint density at radius 2 is 1.78 bits per heavy atom. The second-order valence-corrected chi connectivity index (χ2v) is 9.02. The summed E-state index contributed by atoms with van der Waals surface area (Å²) in [7, 11) is 0. The van der Waals surface area contributed by atoms with E-state index >= 15 is 0 Å². The molecule has 1 aliphatic heterocycles. The molecule has 0 bridgehead atoms. The molecule has 8 heteroatoms. The van der Waals surface area contributed by atoms with Crippen LogP contribution in [0.4, 0.5) is 31.8 Å². The van der Waals surface area contributed by atoms with Crippen molar-refractivity contribution in [1.82, 2.24) is 9.97 Å². The smallest absolute Gasteiger partial charge is 0.227 e. The summed E-state index contributed by atoms with van der Waals surface area (Å²) in [5, 5.41) is 3.70. The van der Waals surface area contributed by atoms with Gasteiger partial charge in [0, 0.05) is 32.6 Å². The molecule has 0 radical (unpaired) electrons. The molecule has 0 saturated carbocycles. The quantitative estimate of drug-likeness (QED) is 0.271. The minimum Gasteiger partial charge on any atom is -0.336 e. The van der Waals surface area contributed by atoms with Crippen molar-refractivity contribution < 1.29 is 8.78 Å². The number of para-hydroxylation sites is 1. The van der Waals surface area contributed by atoms with Gasteiger partial charge in [-0.15, -0.1) is 0 Å². The average Bonchev–Trinajstić information content (AvgIpc) is 2.91. The van der Waals surface area contributed by atoms with Crippen LogP contribution in [0.3, 0.4) is 0 Å². The van der Waals surface area contributed by atoms with E-state index in [1.807, 2.05) is 30.3 Å². The maximum atomic E-state index is 14.7. The maximum Gasteiger partial charge on any atom is 0.227 e. The van der Waals surface area contributed by atoms with Gasteiger partial charge in [0.05, 0.1) is 11.4 Å². The minimum atomic E-state index is -0.631. The van der Waals surface area contributed by atoms with Crippen LogP contribution < -0.4 is 10.2 Å². The average molecular weight is 561 g/mol. The van der Waals surface area contributed by atoms with Crippen molar-refractivity contribution in [2.75, 3.05) is 16.8 Å². The summed E-state index contributed by atoms with van der Waals surface area (Å²) in [5.41, 5.74) is 3.70. The third-order valence-corrected chi connectivity index (χ3v) is 6.17. The van der Waals surface area contributed by atoms with Crippen molar-refractivity contribution in [2.24, 2.45) is 0 Å². The molecular weight excluding hydrogens is 545 g/mol. The van der Waals surface area contributed by atoms with Gasteiger partial charge in [0.1, 0.15) is 17.3 Å². The number of nitrogens with one attached hydrogen (secondary N) is 1. The summed E-state index contributed by atoms with van der Waals surface area (Å²) in [6, 6.07) is 17.0. The van der Waals surface area contributed by atoms with E-state index in [1.54, 1.807) is 23.2 Å². The Bertz CT molecular complexity index is 1310. The first-order chi connectivity index (χ1) is 15.5. The molecular formula is C24H16ClF2IN4. The fourth-order valence-corrected chi connectivity index (χ4v) is 4.55. The number of hydrogen-bond acceptors (Lipinski definition) is 4. The topological polar surface area (TPSA) is 41.1 Å². The van der Waals surface area contributed by atoms with Crippen LogP contribution in [0, 0.1) is 15.2 Å². The molecule has 1 aliphatic rings. The molecule has 1 aromatic heterocycles. The zero-order chi connectivity index (χ0) is 22.2. The summed E-state index contributed by atoms with van der Waals surface area (Å²) in [6.07, 6.45) is 2.27. The molecule has 0 atom stereocenters. The van der Waals surface area contributed by atoms with E-state index in [9.17, 15) is 8.78 Å². The van der Waals surface area contributed by atoms with Crippen LogP contribution in [0.25, 0.3) is 11.3 Å². The number of fused-ring (bicyclic) bond motifs is 3. The number of anilines is 4. The molecule has 0 unspecified atom stereocenters. The molecule has 4 nitrogen and oxygen atoms in total. The van der Waals surface area contributed by atoms with Crippen LogP contribution in [-0.2, 0) is 6.42 Å². The van der Waals surface area contributed by atoms with E-state index in [4.69, 9.17) is 16.6 Å². The highest BCUT2D eigenvalue weighted by atomic mass is 127. The number of benzene rings is 3. The largest absolute Gasteiger partial charge is 0.336 e. The van der Waals surface area contributed by atoms with E-state index < -0.39 is 11.6 Å². The molecule has 0 amide bonds. The lowest BCUT2D eigenvalue weighted by molar-refractivity contribution is 0.580. The van der Waals surface area contributed by atoms with E-state index in [2.05, 4.69) is 32.9 Å². The number of nitrogens with zero attached hydrogens (tertiary/aromatic N) is 3. The van der Waals surface area contributed by atoms with Gasteiger partial charge in [0.25, 0.3) is 0 Å². The first-order valence-electron chi connectivity index (χ1n) is 9.89. The third kappa shape index (κ3) is 4.02. The summed E-state index contributed by atoms with van der Waals surface area (Å²) in [6.45, 7) is 0.352. The molecule has 4 aromatic rings. The van der Waals surface area contributed by atoms with Crippen LogP contribution in [0.1, 0.15) is 5.56 Å². The van der Waals surface area contributed by atoms with Crippen molar-refractivity contribution in [3.05, 3.63) is 92.7 Å². The predicted molar refractivity (Wildman–Crippen MR) is 132 cm³/mol. The summed E-state index contributed by atoms with van der Waals surface area (Å²) < 4.78 is 30.4. The Morgan fingerprint density at radius 3 is 2.56 bits per heavy atom. The molecule has 0 spiro atoms. The molecule has 0 saturated heterocycles. The van der Waals surface area contributed by atoms with Crippen molar-refractivity contribution >= 4 is 57.2 Å². The van der Waals surface area contributed by atoms with Gasteiger partial charge in [-0.25, -0.2) is 18.7 Å². The van der Waals surface area contributed by atoms with Crippen LogP contribution >= 0.6 is 34.2 Å². The highest BCUT2D eigenvalue weighted by Crippen LogP contribution is 2.42. The van der Waals surface area contributed by atoms with Crippen LogP contribution in [0.15, 0.2) is 66.9 Å². The van der Waals surface area contributed by atoms with Crippen molar-refractivity contribution in [3.63, 3.8) is 0 Å². The predicted octanol–water partition coefficient (Wildman–Crippen LogP) is 7.12. The van der Waals surface area contributed by atoms with E-state index in [0.29, 0.717) is 35.3 Å². The Balaban J connectivity index is 1.63. The summed E-state index contributed by atoms with van der Waals surface area (Å²) in [5.74, 6) is -0.819. The Kier molecular flexibility index (Phi) is 5.69. The lowest BCUT2D eigenvalue weighted by atomic mass is 10.0. The highest BCUT2D eigenvalue weighted by Gasteiger charge is 2.26. The van der Waals surface area contributed by atoms with E-state index in [-0.39, 0.29) is 5.69 Å². The monoisotopic (exact) mass is 560 g/mol.